The molecule has 86 valence electrons. The van der Waals surface area contributed by atoms with Crippen molar-refractivity contribution in [2.45, 2.75) is 6.42 Å². The van der Waals surface area contributed by atoms with Crippen molar-refractivity contribution < 1.29 is 19.2 Å². The van der Waals surface area contributed by atoms with Crippen LogP contribution in [-0.2, 0) is 16.0 Å². The summed E-state index contributed by atoms with van der Waals surface area (Å²) >= 11 is 0. The summed E-state index contributed by atoms with van der Waals surface area (Å²) in [5.74, 6) is -0.588. The standard InChI is InChI=1S/C9H10N2O5/c1-15-8(12)5-6-3-4-7(11(13)14)9(10-6)16-2/h3-4H,5H2,1-2H3. The third-order valence-corrected chi connectivity index (χ3v) is 1.84. The van der Waals surface area contributed by atoms with Gasteiger partial charge in [0.05, 0.1) is 31.3 Å². The van der Waals surface area contributed by atoms with Crippen molar-refractivity contribution in [2.24, 2.45) is 0 Å². The van der Waals surface area contributed by atoms with E-state index in [1.165, 1.54) is 26.4 Å². The highest BCUT2D eigenvalue weighted by atomic mass is 16.6. The first-order valence-electron chi connectivity index (χ1n) is 4.33. The van der Waals surface area contributed by atoms with Crippen LogP contribution in [0, 0.1) is 10.1 Å². The number of aromatic nitrogens is 1. The molecule has 0 bridgehead atoms. The molecule has 7 nitrogen and oxygen atoms in total. The molecule has 0 aliphatic rings. The molecule has 0 spiro atoms. The number of hydrogen-bond donors (Lipinski definition) is 0. The summed E-state index contributed by atoms with van der Waals surface area (Å²) in [5, 5.41) is 10.6. The van der Waals surface area contributed by atoms with E-state index in [1.54, 1.807) is 0 Å². The van der Waals surface area contributed by atoms with Gasteiger partial charge in [0.1, 0.15) is 0 Å². The van der Waals surface area contributed by atoms with Crippen molar-refractivity contribution in [3.63, 3.8) is 0 Å². The van der Waals surface area contributed by atoms with Gasteiger partial charge in [-0.2, -0.15) is 0 Å². The zero-order chi connectivity index (χ0) is 12.1. The number of nitrogens with zero attached hydrogens (tertiary/aromatic N) is 2. The Bertz CT molecular complexity index is 418. The van der Waals surface area contributed by atoms with Crippen molar-refractivity contribution in [3.05, 3.63) is 27.9 Å². The van der Waals surface area contributed by atoms with Gasteiger partial charge >= 0.3 is 11.7 Å². The van der Waals surface area contributed by atoms with Gasteiger partial charge < -0.3 is 9.47 Å². The van der Waals surface area contributed by atoms with E-state index < -0.39 is 10.9 Å². The summed E-state index contributed by atoms with van der Waals surface area (Å²) in [6.07, 6.45) is -0.0507. The third kappa shape index (κ3) is 2.66. The second-order valence-corrected chi connectivity index (χ2v) is 2.84. The molecule has 0 fully saturated rings. The van der Waals surface area contributed by atoms with E-state index >= 15 is 0 Å². The lowest BCUT2D eigenvalue weighted by molar-refractivity contribution is -0.386. The van der Waals surface area contributed by atoms with Gasteiger partial charge in [-0.3, -0.25) is 14.9 Å². The Morgan fingerprint density at radius 1 is 1.50 bits per heavy atom. The lowest BCUT2D eigenvalue weighted by Gasteiger charge is -2.03. The SMILES string of the molecule is COC(=O)Cc1ccc([N+](=O)[O-])c(OC)n1. The van der Waals surface area contributed by atoms with Crippen LogP contribution in [0.4, 0.5) is 5.69 Å². The molecule has 1 rings (SSSR count). The second kappa shape index (κ2) is 5.06. The molecular formula is C9H10N2O5. The predicted octanol–water partition coefficient (Wildman–Crippen LogP) is 0.714. The monoisotopic (exact) mass is 226 g/mol. The highest BCUT2D eigenvalue weighted by Crippen LogP contribution is 2.24. The number of esters is 1. The zero-order valence-electron chi connectivity index (χ0n) is 8.80. The molecule has 0 aromatic carbocycles. The maximum absolute atomic E-state index is 11.0. The molecule has 1 aromatic rings. The summed E-state index contributed by atoms with van der Waals surface area (Å²) in [5.41, 5.74) is 0.116. The molecule has 0 amide bonds. The second-order valence-electron chi connectivity index (χ2n) is 2.84. The van der Waals surface area contributed by atoms with Crippen LogP contribution >= 0.6 is 0 Å². The van der Waals surface area contributed by atoms with Crippen LogP contribution in [0.1, 0.15) is 5.69 Å². The number of ether oxygens (including phenoxy) is 2. The molecule has 16 heavy (non-hydrogen) atoms. The first-order valence-corrected chi connectivity index (χ1v) is 4.33. The van der Waals surface area contributed by atoms with Crippen LogP contribution in [0.3, 0.4) is 0 Å². The van der Waals surface area contributed by atoms with Gasteiger partial charge in [0.25, 0.3) is 5.88 Å². The van der Waals surface area contributed by atoms with Crippen molar-refractivity contribution >= 4 is 11.7 Å². The van der Waals surface area contributed by atoms with Crippen LogP contribution in [0.15, 0.2) is 12.1 Å². The largest absolute Gasteiger partial charge is 0.476 e. The van der Waals surface area contributed by atoms with Crippen molar-refractivity contribution in [2.75, 3.05) is 14.2 Å². The Morgan fingerprint density at radius 3 is 2.69 bits per heavy atom. The molecule has 1 heterocycles. The minimum absolute atomic E-state index is 0.0507. The maximum atomic E-state index is 11.0. The van der Waals surface area contributed by atoms with Gasteiger partial charge in [-0.25, -0.2) is 4.98 Å². The number of rotatable bonds is 4. The first kappa shape index (κ1) is 11.9. The van der Waals surface area contributed by atoms with Crippen molar-refractivity contribution in [3.8, 4) is 5.88 Å². The van der Waals surface area contributed by atoms with E-state index in [-0.39, 0.29) is 18.0 Å². The molecule has 0 atom stereocenters. The van der Waals surface area contributed by atoms with Gasteiger partial charge in [0.2, 0.25) is 0 Å². The summed E-state index contributed by atoms with van der Waals surface area (Å²) in [7, 11) is 2.53. The van der Waals surface area contributed by atoms with Gasteiger partial charge in [-0.05, 0) is 6.07 Å². The molecule has 0 N–H and O–H groups in total. The first-order chi connectivity index (χ1) is 7.58. The summed E-state index contributed by atoms with van der Waals surface area (Å²) in [6.45, 7) is 0. The number of carbonyl (C=O) groups is 1. The summed E-state index contributed by atoms with van der Waals surface area (Å²) in [4.78, 5) is 24.8. The van der Waals surface area contributed by atoms with E-state index in [4.69, 9.17) is 4.74 Å². The molecule has 7 heteroatoms. The Morgan fingerprint density at radius 2 is 2.19 bits per heavy atom. The van der Waals surface area contributed by atoms with Crippen LogP contribution in [0.25, 0.3) is 0 Å². The fourth-order valence-electron chi connectivity index (χ4n) is 1.08. The topological polar surface area (TPSA) is 91.6 Å². The Hall–Kier alpha value is -2.18. The average Bonchev–Trinajstić information content (AvgIpc) is 2.28. The average molecular weight is 226 g/mol. The smallest absolute Gasteiger partial charge is 0.330 e. The number of hydrogen-bond acceptors (Lipinski definition) is 6. The highest BCUT2D eigenvalue weighted by Gasteiger charge is 2.17. The van der Waals surface area contributed by atoms with E-state index in [0.717, 1.165) is 0 Å². The molecular weight excluding hydrogens is 216 g/mol. The van der Waals surface area contributed by atoms with Crippen molar-refractivity contribution in [1.29, 1.82) is 0 Å². The Kier molecular flexibility index (Phi) is 3.76. The zero-order valence-corrected chi connectivity index (χ0v) is 8.80. The van der Waals surface area contributed by atoms with Gasteiger partial charge in [-0.1, -0.05) is 0 Å². The van der Waals surface area contributed by atoms with Gasteiger partial charge in [-0.15, -0.1) is 0 Å². The Labute approximate surface area is 91.2 Å². The number of carbonyl (C=O) groups excluding carboxylic acids is 1. The molecule has 1 aromatic heterocycles. The van der Waals surface area contributed by atoms with Crippen LogP contribution < -0.4 is 4.74 Å². The number of pyridine rings is 1. The number of nitro groups is 1. The lowest BCUT2D eigenvalue weighted by atomic mass is 10.2. The molecule has 0 unspecified atom stereocenters. The normalized spacial score (nSPS) is 9.62. The maximum Gasteiger partial charge on any atom is 0.330 e. The molecule has 0 aliphatic heterocycles. The van der Waals surface area contributed by atoms with E-state index in [2.05, 4.69) is 9.72 Å². The molecule has 0 saturated carbocycles. The van der Waals surface area contributed by atoms with E-state index in [0.29, 0.717) is 5.69 Å². The fourth-order valence-corrected chi connectivity index (χ4v) is 1.08. The quantitative estimate of drug-likeness (QED) is 0.426. The minimum atomic E-state index is -0.603. The summed E-state index contributed by atoms with van der Waals surface area (Å²) in [6, 6.07) is 2.63. The van der Waals surface area contributed by atoms with Crippen LogP contribution in [0.5, 0.6) is 5.88 Å². The lowest BCUT2D eigenvalue weighted by Crippen LogP contribution is -2.07. The Balaban J connectivity index is 2.99. The van der Waals surface area contributed by atoms with E-state index in [1.807, 2.05) is 0 Å². The van der Waals surface area contributed by atoms with Crippen molar-refractivity contribution in [1.82, 2.24) is 4.98 Å². The predicted molar refractivity (Wildman–Crippen MR) is 53.2 cm³/mol. The minimum Gasteiger partial charge on any atom is -0.476 e. The highest BCUT2D eigenvalue weighted by molar-refractivity contribution is 5.72. The molecule has 0 saturated heterocycles. The fraction of sp³-hybridized carbons (Fsp3) is 0.333. The van der Waals surface area contributed by atoms with Crippen LogP contribution in [-0.4, -0.2) is 30.1 Å². The summed E-state index contributed by atoms with van der Waals surface area (Å²) < 4.78 is 9.21. The number of methoxy groups -OCH3 is 2. The van der Waals surface area contributed by atoms with E-state index in [9.17, 15) is 14.9 Å². The van der Waals surface area contributed by atoms with Gasteiger partial charge in [0.15, 0.2) is 0 Å². The molecule has 0 aliphatic carbocycles. The van der Waals surface area contributed by atoms with Crippen LogP contribution in [0.2, 0.25) is 0 Å². The van der Waals surface area contributed by atoms with Gasteiger partial charge in [0, 0.05) is 6.07 Å². The third-order valence-electron chi connectivity index (χ3n) is 1.84. The molecule has 0 radical (unpaired) electrons.